The zero-order chi connectivity index (χ0) is 18.4. The van der Waals surface area contributed by atoms with E-state index in [1.807, 2.05) is 26.0 Å². The Kier molecular flexibility index (Phi) is 3.87. The van der Waals surface area contributed by atoms with Crippen LogP contribution in [0.25, 0.3) is 22.1 Å². The number of phenols is 1. The predicted octanol–water partition coefficient (Wildman–Crippen LogP) is 4.12. The van der Waals surface area contributed by atoms with Gasteiger partial charge in [0.15, 0.2) is 11.5 Å². The molecule has 0 saturated heterocycles. The lowest BCUT2D eigenvalue weighted by Crippen LogP contribution is -2.16. The summed E-state index contributed by atoms with van der Waals surface area (Å²) in [6, 6.07) is 6.97. The number of fused-ring (bicyclic) bond motifs is 2. The van der Waals surface area contributed by atoms with Crippen LogP contribution in [0.1, 0.15) is 23.8 Å². The standard InChI is InChI=1S/C21H20O5/c1-4-13-8-15-17(10-16(13)22)26-12(3)20(21(15)23)14-9-19-18(7-11(14)2)24-5-6-25-19/h7-10,22H,4-6H2,1-3H3. The van der Waals surface area contributed by atoms with Gasteiger partial charge >= 0.3 is 0 Å². The molecule has 0 fully saturated rings. The van der Waals surface area contributed by atoms with Crippen molar-refractivity contribution in [3.05, 3.63) is 51.4 Å². The highest BCUT2D eigenvalue weighted by atomic mass is 16.6. The zero-order valence-electron chi connectivity index (χ0n) is 15.0. The lowest BCUT2D eigenvalue weighted by molar-refractivity contribution is 0.171. The highest BCUT2D eigenvalue weighted by Gasteiger charge is 2.20. The maximum Gasteiger partial charge on any atom is 0.200 e. The van der Waals surface area contributed by atoms with Gasteiger partial charge in [0.25, 0.3) is 0 Å². The minimum absolute atomic E-state index is 0.113. The smallest absolute Gasteiger partial charge is 0.200 e. The van der Waals surface area contributed by atoms with Gasteiger partial charge in [0.2, 0.25) is 5.43 Å². The third kappa shape index (κ3) is 2.51. The van der Waals surface area contributed by atoms with Gasteiger partial charge in [-0.05, 0) is 55.2 Å². The Morgan fingerprint density at radius 1 is 1.04 bits per heavy atom. The lowest BCUT2D eigenvalue weighted by Gasteiger charge is -2.20. The Morgan fingerprint density at radius 2 is 1.73 bits per heavy atom. The van der Waals surface area contributed by atoms with E-state index in [0.29, 0.717) is 53.4 Å². The van der Waals surface area contributed by atoms with Crippen molar-refractivity contribution in [2.75, 3.05) is 13.2 Å². The monoisotopic (exact) mass is 352 g/mol. The minimum Gasteiger partial charge on any atom is -0.508 e. The molecule has 3 aromatic rings. The quantitative estimate of drug-likeness (QED) is 0.751. The summed E-state index contributed by atoms with van der Waals surface area (Å²) < 4.78 is 17.2. The van der Waals surface area contributed by atoms with Gasteiger partial charge in [0.1, 0.15) is 30.3 Å². The van der Waals surface area contributed by atoms with Crippen LogP contribution in [-0.4, -0.2) is 18.3 Å². The van der Waals surface area contributed by atoms with Gasteiger partial charge in [-0.15, -0.1) is 0 Å². The molecule has 26 heavy (non-hydrogen) atoms. The van der Waals surface area contributed by atoms with E-state index in [1.165, 1.54) is 6.07 Å². The lowest BCUT2D eigenvalue weighted by atomic mass is 9.96. The molecule has 4 rings (SSSR count). The molecule has 5 heteroatoms. The third-order valence-corrected chi connectivity index (χ3v) is 4.81. The first-order valence-electron chi connectivity index (χ1n) is 8.69. The summed E-state index contributed by atoms with van der Waals surface area (Å²) in [4.78, 5) is 13.2. The Balaban J connectivity index is 2.00. The van der Waals surface area contributed by atoms with Crippen LogP contribution in [-0.2, 0) is 6.42 Å². The summed E-state index contributed by atoms with van der Waals surface area (Å²) in [5.41, 5.74) is 3.20. The maximum atomic E-state index is 13.2. The molecule has 5 nitrogen and oxygen atoms in total. The molecule has 0 spiro atoms. The number of phenolic OH excluding ortho intramolecular Hbond substituents is 1. The molecule has 0 bridgehead atoms. The fraction of sp³-hybridized carbons (Fsp3) is 0.286. The number of hydrogen-bond donors (Lipinski definition) is 1. The first-order chi connectivity index (χ1) is 12.5. The Morgan fingerprint density at radius 3 is 2.42 bits per heavy atom. The minimum atomic E-state index is -0.113. The van der Waals surface area contributed by atoms with Crippen LogP contribution in [0.2, 0.25) is 0 Å². The Hall–Kier alpha value is -2.95. The summed E-state index contributed by atoms with van der Waals surface area (Å²) in [6.07, 6.45) is 0.632. The second-order valence-corrected chi connectivity index (χ2v) is 6.50. The molecule has 0 unspecified atom stereocenters. The molecule has 2 heterocycles. The fourth-order valence-electron chi connectivity index (χ4n) is 3.44. The normalized spacial score (nSPS) is 13.2. The van der Waals surface area contributed by atoms with Gasteiger partial charge in [-0.25, -0.2) is 0 Å². The van der Waals surface area contributed by atoms with E-state index in [1.54, 1.807) is 13.0 Å². The van der Waals surface area contributed by atoms with E-state index in [-0.39, 0.29) is 11.2 Å². The number of rotatable bonds is 2. The number of benzene rings is 2. The topological polar surface area (TPSA) is 68.9 Å². The molecule has 0 atom stereocenters. The Bertz CT molecular complexity index is 1080. The molecule has 1 aliphatic heterocycles. The summed E-state index contributed by atoms with van der Waals surface area (Å²) in [6.45, 7) is 6.64. The Labute approximate surface area is 150 Å². The van der Waals surface area contributed by atoms with E-state index in [9.17, 15) is 9.90 Å². The molecule has 1 aromatic heterocycles. The summed E-state index contributed by atoms with van der Waals surface area (Å²) in [7, 11) is 0. The van der Waals surface area contributed by atoms with Gasteiger partial charge < -0.3 is 19.0 Å². The van der Waals surface area contributed by atoms with Gasteiger partial charge in [-0.3, -0.25) is 4.79 Å². The first-order valence-corrected chi connectivity index (χ1v) is 8.69. The molecule has 0 saturated carbocycles. The fourth-order valence-corrected chi connectivity index (χ4v) is 3.44. The maximum absolute atomic E-state index is 13.2. The SMILES string of the molecule is CCc1cc2c(=O)c(-c3cc4c(cc3C)OCCO4)c(C)oc2cc1O. The third-order valence-electron chi connectivity index (χ3n) is 4.81. The average molecular weight is 352 g/mol. The number of aromatic hydroxyl groups is 1. The predicted molar refractivity (Wildman–Crippen MR) is 99.4 cm³/mol. The second-order valence-electron chi connectivity index (χ2n) is 6.50. The van der Waals surface area contributed by atoms with E-state index in [4.69, 9.17) is 13.9 Å². The van der Waals surface area contributed by atoms with Crippen LogP contribution in [0.5, 0.6) is 17.2 Å². The van der Waals surface area contributed by atoms with Crippen LogP contribution >= 0.6 is 0 Å². The highest BCUT2D eigenvalue weighted by molar-refractivity contribution is 5.86. The zero-order valence-corrected chi connectivity index (χ0v) is 15.0. The van der Waals surface area contributed by atoms with E-state index in [2.05, 4.69) is 0 Å². The molecule has 2 aromatic carbocycles. The van der Waals surface area contributed by atoms with Crippen molar-refractivity contribution in [3.8, 4) is 28.4 Å². The van der Waals surface area contributed by atoms with Crippen LogP contribution in [0, 0.1) is 13.8 Å². The molecule has 0 amide bonds. The van der Waals surface area contributed by atoms with Crippen molar-refractivity contribution in [3.63, 3.8) is 0 Å². The number of ether oxygens (including phenoxy) is 2. The molecular weight excluding hydrogens is 332 g/mol. The summed E-state index contributed by atoms with van der Waals surface area (Å²) in [5, 5.41) is 10.5. The number of hydrogen-bond acceptors (Lipinski definition) is 5. The van der Waals surface area contributed by atoms with Crippen molar-refractivity contribution in [2.24, 2.45) is 0 Å². The highest BCUT2D eigenvalue weighted by Crippen LogP contribution is 2.38. The van der Waals surface area contributed by atoms with Crippen molar-refractivity contribution in [1.82, 2.24) is 0 Å². The molecule has 134 valence electrons. The molecular formula is C21H20O5. The van der Waals surface area contributed by atoms with E-state index >= 15 is 0 Å². The van der Waals surface area contributed by atoms with E-state index in [0.717, 1.165) is 16.7 Å². The first kappa shape index (κ1) is 16.5. The summed E-state index contributed by atoms with van der Waals surface area (Å²) >= 11 is 0. The van der Waals surface area contributed by atoms with Crippen molar-refractivity contribution < 1.29 is 19.0 Å². The summed E-state index contributed by atoms with van der Waals surface area (Å²) in [5.74, 6) is 1.98. The van der Waals surface area contributed by atoms with Crippen LogP contribution in [0.15, 0.2) is 33.5 Å². The molecule has 1 aliphatic rings. The van der Waals surface area contributed by atoms with Crippen molar-refractivity contribution in [1.29, 1.82) is 0 Å². The second kappa shape index (κ2) is 6.09. The van der Waals surface area contributed by atoms with Gasteiger partial charge in [-0.1, -0.05) is 6.92 Å². The van der Waals surface area contributed by atoms with Gasteiger partial charge in [0.05, 0.1) is 10.9 Å². The average Bonchev–Trinajstić information content (AvgIpc) is 2.61. The van der Waals surface area contributed by atoms with Gasteiger partial charge in [0, 0.05) is 6.07 Å². The van der Waals surface area contributed by atoms with E-state index < -0.39 is 0 Å². The van der Waals surface area contributed by atoms with Crippen LogP contribution < -0.4 is 14.9 Å². The largest absolute Gasteiger partial charge is 0.508 e. The van der Waals surface area contributed by atoms with Crippen LogP contribution in [0.3, 0.4) is 0 Å². The van der Waals surface area contributed by atoms with Crippen molar-refractivity contribution >= 4 is 11.0 Å². The number of aryl methyl sites for hydroxylation is 3. The van der Waals surface area contributed by atoms with Crippen LogP contribution in [0.4, 0.5) is 0 Å². The molecule has 0 aliphatic carbocycles. The molecule has 1 N–H and O–H groups in total. The van der Waals surface area contributed by atoms with Gasteiger partial charge in [-0.2, -0.15) is 0 Å². The molecule has 0 radical (unpaired) electrons. The van der Waals surface area contributed by atoms with Crippen molar-refractivity contribution in [2.45, 2.75) is 27.2 Å².